The molecule has 1 aliphatic rings. The SMILES string of the molecule is CSC1CC(C)(C)c2c1cnn1cc(C(F)F)nc21. The number of halogens is 2. The van der Waals surface area contributed by atoms with Crippen LogP contribution in [0.3, 0.4) is 0 Å². The summed E-state index contributed by atoms with van der Waals surface area (Å²) in [5, 5.41) is 4.60. The van der Waals surface area contributed by atoms with Gasteiger partial charge in [0.1, 0.15) is 5.69 Å². The molecule has 0 aromatic carbocycles. The van der Waals surface area contributed by atoms with Gasteiger partial charge >= 0.3 is 0 Å². The maximum atomic E-state index is 12.8. The number of aromatic nitrogens is 3. The van der Waals surface area contributed by atoms with E-state index in [0.29, 0.717) is 10.9 Å². The number of hydrogen-bond donors (Lipinski definition) is 0. The summed E-state index contributed by atoms with van der Waals surface area (Å²) < 4.78 is 27.0. The number of hydrogen-bond acceptors (Lipinski definition) is 3. The van der Waals surface area contributed by atoms with Gasteiger partial charge in [-0.1, -0.05) is 13.8 Å². The average Bonchev–Trinajstić information content (AvgIpc) is 2.87. The molecule has 1 unspecified atom stereocenters. The molecule has 0 bridgehead atoms. The minimum absolute atomic E-state index is 0.0576. The van der Waals surface area contributed by atoms with Crippen LogP contribution < -0.4 is 0 Å². The number of nitrogens with zero attached hydrogens (tertiary/aromatic N) is 3. The molecule has 1 atom stereocenters. The first-order valence-corrected chi connectivity index (χ1v) is 7.42. The van der Waals surface area contributed by atoms with Crippen molar-refractivity contribution in [3.63, 3.8) is 0 Å². The Morgan fingerprint density at radius 1 is 1.47 bits per heavy atom. The van der Waals surface area contributed by atoms with Crippen molar-refractivity contribution in [1.82, 2.24) is 14.6 Å². The lowest BCUT2D eigenvalue weighted by Gasteiger charge is -2.19. The van der Waals surface area contributed by atoms with Crippen molar-refractivity contribution in [1.29, 1.82) is 0 Å². The van der Waals surface area contributed by atoms with E-state index in [1.165, 1.54) is 10.7 Å². The van der Waals surface area contributed by atoms with E-state index < -0.39 is 6.43 Å². The molecular weight excluding hydrogens is 268 g/mol. The smallest absolute Gasteiger partial charge is 0.226 e. The predicted octanol–water partition coefficient (Wildman–Crippen LogP) is 3.75. The monoisotopic (exact) mass is 283 g/mol. The van der Waals surface area contributed by atoms with Crippen molar-refractivity contribution in [3.05, 3.63) is 29.2 Å². The molecule has 102 valence electrons. The van der Waals surface area contributed by atoms with Gasteiger partial charge in [-0.2, -0.15) is 16.9 Å². The minimum atomic E-state index is -2.56. The normalized spacial score (nSPS) is 21.3. The van der Waals surface area contributed by atoms with Gasteiger partial charge < -0.3 is 0 Å². The summed E-state index contributed by atoms with van der Waals surface area (Å²) in [5.41, 5.74) is 2.52. The molecule has 0 radical (unpaired) electrons. The third kappa shape index (κ3) is 1.84. The van der Waals surface area contributed by atoms with Gasteiger partial charge in [-0.3, -0.25) is 0 Å². The Kier molecular flexibility index (Phi) is 2.81. The highest BCUT2D eigenvalue weighted by Crippen LogP contribution is 2.50. The van der Waals surface area contributed by atoms with Crippen molar-refractivity contribution >= 4 is 17.4 Å². The zero-order chi connectivity index (χ0) is 13.8. The Morgan fingerprint density at radius 2 is 2.21 bits per heavy atom. The fourth-order valence-electron chi connectivity index (χ4n) is 2.89. The van der Waals surface area contributed by atoms with Crippen LogP contribution in [-0.4, -0.2) is 20.9 Å². The Morgan fingerprint density at radius 3 is 2.84 bits per heavy atom. The van der Waals surface area contributed by atoms with Gasteiger partial charge in [-0.15, -0.1) is 0 Å². The molecule has 0 N–H and O–H groups in total. The Labute approximate surface area is 114 Å². The van der Waals surface area contributed by atoms with Crippen LogP contribution in [0, 0.1) is 0 Å². The fourth-order valence-corrected chi connectivity index (χ4v) is 3.91. The van der Waals surface area contributed by atoms with E-state index in [0.717, 1.165) is 17.5 Å². The molecule has 0 spiro atoms. The van der Waals surface area contributed by atoms with Crippen LogP contribution in [-0.2, 0) is 5.41 Å². The first kappa shape index (κ1) is 12.8. The first-order chi connectivity index (χ1) is 8.94. The van der Waals surface area contributed by atoms with Crippen LogP contribution in [0.25, 0.3) is 5.65 Å². The van der Waals surface area contributed by atoms with Gasteiger partial charge in [0.2, 0.25) is 0 Å². The van der Waals surface area contributed by atoms with E-state index in [-0.39, 0.29) is 11.1 Å². The number of imidazole rings is 1. The van der Waals surface area contributed by atoms with Crippen LogP contribution in [0.1, 0.15) is 48.8 Å². The van der Waals surface area contributed by atoms with Crippen molar-refractivity contribution in [2.24, 2.45) is 0 Å². The Bertz CT molecular complexity index is 636. The summed E-state index contributed by atoms with van der Waals surface area (Å²) in [6, 6.07) is 0. The van der Waals surface area contributed by atoms with Crippen molar-refractivity contribution in [3.8, 4) is 0 Å². The topological polar surface area (TPSA) is 30.2 Å². The largest absolute Gasteiger partial charge is 0.281 e. The Hall–Kier alpha value is -1.17. The predicted molar refractivity (Wildman–Crippen MR) is 71.8 cm³/mol. The quantitative estimate of drug-likeness (QED) is 0.840. The molecular formula is C13H15F2N3S. The third-order valence-electron chi connectivity index (χ3n) is 3.77. The van der Waals surface area contributed by atoms with Crippen LogP contribution in [0.15, 0.2) is 12.4 Å². The van der Waals surface area contributed by atoms with Crippen molar-refractivity contribution < 1.29 is 8.78 Å². The van der Waals surface area contributed by atoms with Gasteiger partial charge in [0.05, 0.1) is 12.4 Å². The molecule has 3 rings (SSSR count). The standard InChI is InChI=1S/C13H15F2N3S/c1-13(2)4-9(19-3)7-5-16-18-6-8(11(14)15)17-12(18)10(7)13/h5-6,9,11H,4H2,1-3H3. The number of fused-ring (bicyclic) bond motifs is 3. The van der Waals surface area contributed by atoms with Gasteiger partial charge in [0.15, 0.2) is 5.65 Å². The lowest BCUT2D eigenvalue weighted by molar-refractivity contribution is 0.146. The van der Waals surface area contributed by atoms with E-state index in [9.17, 15) is 8.78 Å². The first-order valence-electron chi connectivity index (χ1n) is 6.13. The zero-order valence-electron chi connectivity index (χ0n) is 11.0. The highest BCUT2D eigenvalue weighted by molar-refractivity contribution is 7.98. The molecule has 6 heteroatoms. The molecule has 3 nitrogen and oxygen atoms in total. The minimum Gasteiger partial charge on any atom is -0.226 e. The molecule has 19 heavy (non-hydrogen) atoms. The van der Waals surface area contributed by atoms with Gasteiger partial charge in [-0.25, -0.2) is 18.3 Å². The Balaban J connectivity index is 2.28. The van der Waals surface area contributed by atoms with E-state index in [2.05, 4.69) is 30.2 Å². The van der Waals surface area contributed by atoms with Gasteiger partial charge in [0, 0.05) is 10.8 Å². The van der Waals surface area contributed by atoms with Crippen molar-refractivity contribution in [2.75, 3.05) is 6.26 Å². The average molecular weight is 283 g/mol. The van der Waals surface area contributed by atoms with Crippen molar-refractivity contribution in [2.45, 2.75) is 37.4 Å². The number of rotatable bonds is 2. The summed E-state index contributed by atoms with van der Waals surface area (Å²) in [6.07, 6.45) is 3.62. The number of thioether (sulfide) groups is 1. The molecule has 2 aromatic rings. The molecule has 0 saturated heterocycles. The second kappa shape index (κ2) is 4.16. The highest BCUT2D eigenvalue weighted by atomic mass is 32.2. The van der Waals surface area contributed by atoms with E-state index >= 15 is 0 Å². The lowest BCUT2D eigenvalue weighted by Crippen LogP contribution is -2.14. The second-order valence-electron chi connectivity index (χ2n) is 5.52. The maximum Gasteiger partial charge on any atom is 0.281 e. The van der Waals surface area contributed by atoms with Crippen LogP contribution >= 0.6 is 11.8 Å². The van der Waals surface area contributed by atoms with Crippen LogP contribution in [0.4, 0.5) is 8.78 Å². The summed E-state index contributed by atoms with van der Waals surface area (Å²) >= 11 is 1.77. The third-order valence-corrected chi connectivity index (χ3v) is 4.76. The van der Waals surface area contributed by atoms with E-state index in [4.69, 9.17) is 0 Å². The van der Waals surface area contributed by atoms with E-state index in [1.54, 1.807) is 18.0 Å². The van der Waals surface area contributed by atoms with Crippen LogP contribution in [0.2, 0.25) is 0 Å². The summed E-state index contributed by atoms with van der Waals surface area (Å²) in [6.45, 7) is 4.28. The number of alkyl halides is 2. The fraction of sp³-hybridized carbons (Fsp3) is 0.538. The molecule has 1 aliphatic carbocycles. The van der Waals surface area contributed by atoms with Gasteiger partial charge in [0.25, 0.3) is 6.43 Å². The maximum absolute atomic E-state index is 12.8. The summed E-state index contributed by atoms with van der Waals surface area (Å²) in [5.74, 6) is 0. The summed E-state index contributed by atoms with van der Waals surface area (Å²) in [4.78, 5) is 4.09. The van der Waals surface area contributed by atoms with Crippen LogP contribution in [0.5, 0.6) is 0 Å². The zero-order valence-corrected chi connectivity index (χ0v) is 11.8. The molecule has 0 fully saturated rings. The molecule has 0 saturated carbocycles. The van der Waals surface area contributed by atoms with Gasteiger partial charge in [-0.05, 0) is 23.7 Å². The lowest BCUT2D eigenvalue weighted by atomic mass is 9.87. The second-order valence-corrected chi connectivity index (χ2v) is 6.56. The highest BCUT2D eigenvalue weighted by Gasteiger charge is 2.39. The molecule has 2 aromatic heterocycles. The van der Waals surface area contributed by atoms with E-state index in [1.807, 2.05) is 0 Å². The molecule has 2 heterocycles. The molecule has 0 aliphatic heterocycles. The summed E-state index contributed by atoms with van der Waals surface area (Å²) in [7, 11) is 0. The molecule has 0 amide bonds.